The van der Waals surface area contributed by atoms with Gasteiger partial charge in [-0.05, 0) is 11.3 Å². The van der Waals surface area contributed by atoms with Crippen LogP contribution in [0.3, 0.4) is 0 Å². The Balaban J connectivity index is 2.73. The summed E-state index contributed by atoms with van der Waals surface area (Å²) in [6.45, 7) is 2.48. The Labute approximate surface area is 62.2 Å². The van der Waals surface area contributed by atoms with E-state index in [1.54, 1.807) is 0 Å². The molecule has 0 saturated heterocycles. The highest BCUT2D eigenvalue weighted by Gasteiger charge is 2.13. The molecule has 1 heterocycles. The Hall–Kier alpha value is -1.53. The molecular weight excluding hydrogens is 150 g/mol. The lowest BCUT2D eigenvalue weighted by molar-refractivity contribution is -0.394. The summed E-state index contributed by atoms with van der Waals surface area (Å²) in [6, 6.07) is 0. The van der Waals surface area contributed by atoms with E-state index in [0.717, 1.165) is 6.42 Å². The van der Waals surface area contributed by atoms with E-state index >= 15 is 0 Å². The standard InChI is InChI=1S/C4H7N5O2/c1-2-3-8-6-4(5-7-8)9(10)11/h2-3H2,1H3. The molecule has 0 bridgehead atoms. The highest BCUT2D eigenvalue weighted by molar-refractivity contribution is 4.92. The fourth-order valence-electron chi connectivity index (χ4n) is 0.603. The first-order valence-electron chi connectivity index (χ1n) is 3.16. The lowest BCUT2D eigenvalue weighted by Gasteiger charge is -1.85. The molecule has 0 aliphatic heterocycles. The average Bonchev–Trinajstić information content (AvgIpc) is 2.37. The molecule has 7 heteroatoms. The fourth-order valence-corrected chi connectivity index (χ4v) is 0.603. The smallest absolute Gasteiger partial charge is 0.390 e. The Morgan fingerprint density at radius 1 is 1.73 bits per heavy atom. The Morgan fingerprint density at radius 3 is 2.91 bits per heavy atom. The number of tetrazole rings is 1. The number of aromatic nitrogens is 4. The van der Waals surface area contributed by atoms with E-state index in [1.165, 1.54) is 4.80 Å². The Kier molecular flexibility index (Phi) is 2.09. The predicted octanol–water partition coefficient (Wildman–Crippen LogP) is -0.00870. The molecule has 60 valence electrons. The van der Waals surface area contributed by atoms with Crippen molar-refractivity contribution in [3.8, 4) is 0 Å². The van der Waals surface area contributed by atoms with Crippen LogP contribution in [0.25, 0.3) is 0 Å². The van der Waals surface area contributed by atoms with Crippen LogP contribution in [0.15, 0.2) is 0 Å². The molecule has 11 heavy (non-hydrogen) atoms. The van der Waals surface area contributed by atoms with Crippen LogP contribution < -0.4 is 0 Å². The van der Waals surface area contributed by atoms with Gasteiger partial charge in [-0.1, -0.05) is 11.7 Å². The van der Waals surface area contributed by atoms with Crippen molar-refractivity contribution in [3.05, 3.63) is 10.1 Å². The molecule has 1 aromatic rings. The second-order valence-electron chi connectivity index (χ2n) is 1.94. The lowest BCUT2D eigenvalue weighted by Crippen LogP contribution is -2.01. The van der Waals surface area contributed by atoms with E-state index in [2.05, 4.69) is 15.4 Å². The molecule has 0 fully saturated rings. The molecule has 0 aromatic carbocycles. The van der Waals surface area contributed by atoms with Crippen LogP contribution in [0.5, 0.6) is 0 Å². The zero-order valence-electron chi connectivity index (χ0n) is 5.97. The molecule has 0 saturated carbocycles. The van der Waals surface area contributed by atoms with E-state index in [1.807, 2.05) is 6.92 Å². The molecule has 0 radical (unpaired) electrons. The quantitative estimate of drug-likeness (QED) is 0.455. The summed E-state index contributed by atoms with van der Waals surface area (Å²) in [7, 11) is 0. The maximum Gasteiger partial charge on any atom is 0.514 e. The van der Waals surface area contributed by atoms with Crippen molar-refractivity contribution < 1.29 is 4.92 Å². The summed E-state index contributed by atoms with van der Waals surface area (Å²) in [5, 5.41) is 20.2. The number of nitrogens with zero attached hydrogens (tertiary/aromatic N) is 5. The van der Waals surface area contributed by atoms with Gasteiger partial charge in [-0.3, -0.25) is 0 Å². The third-order valence-corrected chi connectivity index (χ3v) is 1.03. The van der Waals surface area contributed by atoms with E-state index in [9.17, 15) is 10.1 Å². The first-order chi connectivity index (χ1) is 5.24. The number of hydrogen-bond donors (Lipinski definition) is 0. The predicted molar refractivity (Wildman–Crippen MR) is 34.8 cm³/mol. The van der Waals surface area contributed by atoms with Crippen molar-refractivity contribution in [3.63, 3.8) is 0 Å². The van der Waals surface area contributed by atoms with Crippen molar-refractivity contribution in [1.29, 1.82) is 0 Å². The highest BCUT2D eigenvalue weighted by Crippen LogP contribution is 1.96. The highest BCUT2D eigenvalue weighted by atomic mass is 16.6. The van der Waals surface area contributed by atoms with E-state index in [0.29, 0.717) is 6.54 Å². The summed E-state index contributed by atoms with van der Waals surface area (Å²) in [6.07, 6.45) is 0.827. The Morgan fingerprint density at radius 2 is 2.45 bits per heavy atom. The number of hydrogen-bond acceptors (Lipinski definition) is 5. The van der Waals surface area contributed by atoms with Crippen LogP contribution in [0.1, 0.15) is 13.3 Å². The normalized spacial score (nSPS) is 9.91. The molecule has 7 nitrogen and oxygen atoms in total. The first-order valence-corrected chi connectivity index (χ1v) is 3.16. The van der Waals surface area contributed by atoms with Crippen molar-refractivity contribution >= 4 is 5.95 Å². The van der Waals surface area contributed by atoms with Gasteiger partial charge >= 0.3 is 5.95 Å². The van der Waals surface area contributed by atoms with Crippen LogP contribution in [0.4, 0.5) is 5.95 Å². The first kappa shape index (κ1) is 7.58. The van der Waals surface area contributed by atoms with Gasteiger partial charge in [0.2, 0.25) is 0 Å². The number of rotatable bonds is 3. The van der Waals surface area contributed by atoms with Gasteiger partial charge in [-0.15, -0.1) is 0 Å². The molecule has 1 aromatic heterocycles. The van der Waals surface area contributed by atoms with Gasteiger partial charge < -0.3 is 10.1 Å². The Bertz CT molecular complexity index is 257. The summed E-state index contributed by atoms with van der Waals surface area (Å²) in [5.41, 5.74) is 0. The van der Waals surface area contributed by atoms with Crippen molar-refractivity contribution in [2.45, 2.75) is 19.9 Å². The maximum absolute atomic E-state index is 10.0. The largest absolute Gasteiger partial charge is 0.514 e. The van der Waals surface area contributed by atoms with Crippen molar-refractivity contribution in [2.24, 2.45) is 0 Å². The number of aryl methyl sites for hydroxylation is 1. The summed E-state index contributed by atoms with van der Waals surface area (Å²) in [4.78, 5) is 10.6. The minimum atomic E-state index is -0.668. The average molecular weight is 157 g/mol. The minimum Gasteiger partial charge on any atom is -0.390 e. The van der Waals surface area contributed by atoms with Gasteiger partial charge in [0.1, 0.15) is 0 Å². The molecule has 0 atom stereocenters. The molecular formula is C4H7N5O2. The summed E-state index contributed by atoms with van der Waals surface area (Å²) in [5.74, 6) is -0.446. The zero-order valence-corrected chi connectivity index (χ0v) is 5.97. The van der Waals surface area contributed by atoms with Gasteiger partial charge in [0.25, 0.3) is 0 Å². The van der Waals surface area contributed by atoms with Gasteiger partial charge in [-0.25, -0.2) is 0 Å². The molecule has 0 amide bonds. The van der Waals surface area contributed by atoms with Crippen molar-refractivity contribution in [1.82, 2.24) is 20.2 Å². The van der Waals surface area contributed by atoms with Crippen LogP contribution in [-0.2, 0) is 6.54 Å². The van der Waals surface area contributed by atoms with Gasteiger partial charge in [0, 0.05) is 5.21 Å². The summed E-state index contributed by atoms with van der Waals surface area (Å²) >= 11 is 0. The second-order valence-corrected chi connectivity index (χ2v) is 1.94. The SMILES string of the molecule is CCCn1nnc([N+](=O)[O-])n1. The third kappa shape index (κ3) is 1.69. The zero-order chi connectivity index (χ0) is 8.27. The van der Waals surface area contributed by atoms with Crippen LogP contribution in [0.2, 0.25) is 0 Å². The number of nitro groups is 1. The molecule has 1 rings (SSSR count). The molecule has 0 N–H and O–H groups in total. The summed E-state index contributed by atoms with van der Waals surface area (Å²) < 4.78 is 0. The molecule has 0 spiro atoms. The second kappa shape index (κ2) is 3.04. The van der Waals surface area contributed by atoms with Gasteiger partial charge in [0.05, 0.1) is 16.7 Å². The molecule has 0 aliphatic rings. The van der Waals surface area contributed by atoms with Crippen molar-refractivity contribution in [2.75, 3.05) is 0 Å². The minimum absolute atomic E-state index is 0.446. The van der Waals surface area contributed by atoms with E-state index < -0.39 is 10.9 Å². The monoisotopic (exact) mass is 157 g/mol. The van der Waals surface area contributed by atoms with Gasteiger partial charge in [0.15, 0.2) is 0 Å². The molecule has 0 aliphatic carbocycles. The van der Waals surface area contributed by atoms with Crippen LogP contribution in [-0.4, -0.2) is 25.1 Å². The lowest BCUT2D eigenvalue weighted by atomic mass is 10.5. The van der Waals surface area contributed by atoms with Crippen LogP contribution in [0, 0.1) is 10.1 Å². The third-order valence-electron chi connectivity index (χ3n) is 1.03. The topological polar surface area (TPSA) is 86.7 Å². The van der Waals surface area contributed by atoms with E-state index in [4.69, 9.17) is 0 Å². The maximum atomic E-state index is 10.0. The van der Waals surface area contributed by atoms with E-state index in [-0.39, 0.29) is 0 Å². The fraction of sp³-hybridized carbons (Fsp3) is 0.750. The van der Waals surface area contributed by atoms with Crippen LogP contribution >= 0.6 is 0 Å². The molecule has 0 unspecified atom stereocenters. The van der Waals surface area contributed by atoms with Gasteiger partial charge in [-0.2, -0.15) is 0 Å².